The topological polar surface area (TPSA) is 32.3 Å². The van der Waals surface area contributed by atoms with Crippen molar-refractivity contribution in [3.8, 4) is 0 Å². The minimum atomic E-state index is -0.224. The van der Waals surface area contributed by atoms with Crippen LogP contribution >= 0.6 is 15.9 Å². The number of hydrogen-bond donors (Lipinski definition) is 1. The third kappa shape index (κ3) is 2.68. The Kier molecular flexibility index (Phi) is 3.91. The number of benzene rings is 3. The molecule has 1 atom stereocenters. The Morgan fingerprint density at radius 3 is 2.50 bits per heavy atom. The smallest absolute Gasteiger partial charge is 0.255 e. The molecule has 1 amide bonds. The van der Waals surface area contributed by atoms with Gasteiger partial charge in [-0.3, -0.25) is 4.79 Å². The van der Waals surface area contributed by atoms with Gasteiger partial charge in [-0.05, 0) is 61.4 Å². The lowest BCUT2D eigenvalue weighted by atomic mass is 9.91. The van der Waals surface area contributed by atoms with Gasteiger partial charge in [0.15, 0.2) is 0 Å². The molecule has 0 bridgehead atoms. The highest BCUT2D eigenvalue weighted by molar-refractivity contribution is 9.10. The highest BCUT2D eigenvalue weighted by atomic mass is 79.9. The van der Waals surface area contributed by atoms with Crippen LogP contribution in [0.5, 0.6) is 0 Å². The van der Waals surface area contributed by atoms with Crippen molar-refractivity contribution in [3.63, 3.8) is 0 Å². The quantitative estimate of drug-likeness (QED) is 0.526. The maximum absolute atomic E-state index is 12.9. The second-order valence-corrected chi connectivity index (χ2v) is 8.36. The monoisotopic (exact) mass is 430 g/mol. The molecule has 3 aromatic rings. The lowest BCUT2D eigenvalue weighted by molar-refractivity contribution is 0.0929. The zero-order valence-corrected chi connectivity index (χ0v) is 17.2. The maximum Gasteiger partial charge on any atom is 0.255 e. The highest BCUT2D eigenvalue weighted by Crippen LogP contribution is 2.45. The number of nitrogens with one attached hydrogen (secondary N) is 1. The molecular formula is C24H19BrN2O. The van der Waals surface area contributed by atoms with Crippen LogP contribution in [0.25, 0.3) is 11.8 Å². The zero-order valence-electron chi connectivity index (χ0n) is 15.7. The molecule has 0 spiro atoms. The Morgan fingerprint density at radius 1 is 0.964 bits per heavy atom. The summed E-state index contributed by atoms with van der Waals surface area (Å²) in [7, 11) is 0. The molecule has 0 aromatic heterocycles. The Balaban J connectivity index is 1.80. The van der Waals surface area contributed by atoms with Gasteiger partial charge in [-0.2, -0.15) is 0 Å². The molecular weight excluding hydrogens is 412 g/mol. The molecule has 2 aliphatic heterocycles. The molecule has 0 saturated carbocycles. The molecule has 0 fully saturated rings. The van der Waals surface area contributed by atoms with E-state index < -0.39 is 0 Å². The van der Waals surface area contributed by atoms with Gasteiger partial charge >= 0.3 is 0 Å². The fourth-order valence-electron chi connectivity index (χ4n) is 4.24. The SMILES string of the molecule is Cc1cc(C)cc(C2=Cc3ccccc3[C@H]3NC(=O)c4cc(Br)ccc4N23)c1. The van der Waals surface area contributed by atoms with Gasteiger partial charge in [0.25, 0.3) is 5.91 Å². The average molecular weight is 431 g/mol. The normalized spacial score (nSPS) is 17.2. The van der Waals surface area contributed by atoms with Crippen LogP contribution in [0.1, 0.15) is 44.3 Å². The standard InChI is InChI=1S/C24H19BrN2O/c1-14-9-15(2)11-17(10-14)22-12-16-5-3-4-6-19(16)23-26-24(28)20-13-18(25)7-8-21(20)27(22)23/h3-13,23H,1-2H3,(H,26,28)/t23-/m0/s1. The first-order valence-electron chi connectivity index (χ1n) is 9.30. The van der Waals surface area contributed by atoms with E-state index in [1.54, 1.807) is 0 Å². The number of fused-ring (bicyclic) bond motifs is 5. The fourth-order valence-corrected chi connectivity index (χ4v) is 4.61. The van der Waals surface area contributed by atoms with Gasteiger partial charge in [-0.15, -0.1) is 0 Å². The predicted molar refractivity (Wildman–Crippen MR) is 117 cm³/mol. The summed E-state index contributed by atoms with van der Waals surface area (Å²) >= 11 is 3.50. The van der Waals surface area contributed by atoms with Crippen LogP contribution in [0.15, 0.2) is 65.1 Å². The van der Waals surface area contributed by atoms with Gasteiger partial charge in [0.05, 0.1) is 16.9 Å². The van der Waals surface area contributed by atoms with Crippen molar-refractivity contribution in [3.05, 3.63) is 98.5 Å². The Morgan fingerprint density at radius 2 is 1.71 bits per heavy atom. The van der Waals surface area contributed by atoms with Crippen molar-refractivity contribution in [2.24, 2.45) is 0 Å². The van der Waals surface area contributed by atoms with Gasteiger partial charge < -0.3 is 10.2 Å². The largest absolute Gasteiger partial charge is 0.327 e. The second-order valence-electron chi connectivity index (χ2n) is 7.44. The maximum atomic E-state index is 12.9. The molecule has 0 radical (unpaired) electrons. The number of halogens is 1. The minimum absolute atomic E-state index is 0.0472. The number of rotatable bonds is 1. The van der Waals surface area contributed by atoms with E-state index in [-0.39, 0.29) is 12.1 Å². The van der Waals surface area contributed by atoms with Crippen molar-refractivity contribution in [1.29, 1.82) is 0 Å². The van der Waals surface area contributed by atoms with Gasteiger partial charge in [-0.25, -0.2) is 0 Å². The third-order valence-electron chi connectivity index (χ3n) is 5.35. The van der Waals surface area contributed by atoms with Crippen LogP contribution in [0.3, 0.4) is 0 Å². The molecule has 4 heteroatoms. The van der Waals surface area contributed by atoms with Crippen LogP contribution in [0, 0.1) is 13.8 Å². The number of anilines is 1. The number of hydrogen-bond acceptors (Lipinski definition) is 2. The fraction of sp³-hybridized carbons (Fsp3) is 0.125. The molecule has 1 N–H and O–H groups in total. The van der Waals surface area contributed by atoms with Crippen LogP contribution in [-0.4, -0.2) is 5.91 Å². The van der Waals surface area contributed by atoms with Crippen LogP contribution in [-0.2, 0) is 0 Å². The number of aryl methyl sites for hydroxylation is 2. The Bertz CT molecular complexity index is 1140. The second kappa shape index (κ2) is 6.35. The average Bonchev–Trinajstić information content (AvgIpc) is 2.67. The predicted octanol–water partition coefficient (Wildman–Crippen LogP) is 5.83. The van der Waals surface area contributed by atoms with E-state index in [4.69, 9.17) is 0 Å². The molecule has 138 valence electrons. The molecule has 0 unspecified atom stereocenters. The Hall–Kier alpha value is -2.85. The lowest BCUT2D eigenvalue weighted by Gasteiger charge is -2.43. The van der Waals surface area contributed by atoms with Crippen molar-refractivity contribution in [2.45, 2.75) is 20.0 Å². The number of carbonyl (C=O) groups excluding carboxylic acids is 1. The summed E-state index contributed by atoms with van der Waals surface area (Å²) in [5, 5.41) is 3.21. The van der Waals surface area contributed by atoms with E-state index in [1.165, 1.54) is 11.1 Å². The first-order chi connectivity index (χ1) is 13.5. The summed E-state index contributed by atoms with van der Waals surface area (Å²) in [6.45, 7) is 4.24. The lowest BCUT2D eigenvalue weighted by Crippen LogP contribution is -2.47. The van der Waals surface area contributed by atoms with E-state index in [1.807, 2.05) is 30.3 Å². The summed E-state index contributed by atoms with van der Waals surface area (Å²) in [5.74, 6) is -0.0472. The van der Waals surface area contributed by atoms with Crippen molar-refractivity contribution < 1.29 is 4.79 Å². The first kappa shape index (κ1) is 17.3. The molecule has 0 aliphatic carbocycles. The van der Waals surface area contributed by atoms with E-state index in [9.17, 15) is 4.79 Å². The molecule has 5 rings (SSSR count). The molecule has 3 nitrogen and oxygen atoms in total. The van der Waals surface area contributed by atoms with Gasteiger partial charge in [0.1, 0.15) is 6.17 Å². The molecule has 28 heavy (non-hydrogen) atoms. The number of nitrogens with zero attached hydrogens (tertiary/aromatic N) is 1. The van der Waals surface area contributed by atoms with Crippen molar-refractivity contribution in [2.75, 3.05) is 4.90 Å². The van der Waals surface area contributed by atoms with Gasteiger partial charge in [0.2, 0.25) is 0 Å². The summed E-state index contributed by atoms with van der Waals surface area (Å²) in [5.41, 5.74) is 8.56. The van der Waals surface area contributed by atoms with Crippen LogP contribution in [0.4, 0.5) is 5.69 Å². The molecule has 0 saturated heterocycles. The van der Waals surface area contributed by atoms with Crippen LogP contribution in [0.2, 0.25) is 0 Å². The van der Waals surface area contributed by atoms with E-state index in [0.29, 0.717) is 5.56 Å². The summed E-state index contributed by atoms with van der Waals surface area (Å²) < 4.78 is 0.897. The first-order valence-corrected chi connectivity index (χ1v) is 10.1. The number of carbonyl (C=O) groups is 1. The summed E-state index contributed by atoms with van der Waals surface area (Å²) in [6.07, 6.45) is 2.00. The van der Waals surface area contributed by atoms with Crippen molar-refractivity contribution in [1.82, 2.24) is 5.32 Å². The highest BCUT2D eigenvalue weighted by Gasteiger charge is 2.37. The molecule has 2 aliphatic rings. The van der Waals surface area contributed by atoms with E-state index in [0.717, 1.165) is 32.5 Å². The third-order valence-corrected chi connectivity index (χ3v) is 5.84. The summed E-state index contributed by atoms with van der Waals surface area (Å²) in [4.78, 5) is 15.1. The minimum Gasteiger partial charge on any atom is -0.327 e. The van der Waals surface area contributed by atoms with Gasteiger partial charge in [0, 0.05) is 10.0 Å². The van der Waals surface area contributed by atoms with E-state index >= 15 is 0 Å². The molecule has 2 heterocycles. The molecule has 3 aromatic carbocycles. The number of amides is 1. The van der Waals surface area contributed by atoms with Crippen molar-refractivity contribution >= 4 is 39.3 Å². The van der Waals surface area contributed by atoms with Gasteiger partial charge in [-0.1, -0.05) is 57.4 Å². The summed E-state index contributed by atoms with van der Waals surface area (Å²) in [6, 6.07) is 20.8. The zero-order chi connectivity index (χ0) is 19.4. The van der Waals surface area contributed by atoms with E-state index in [2.05, 4.69) is 76.4 Å². The Labute approximate surface area is 172 Å². The van der Waals surface area contributed by atoms with Crippen LogP contribution < -0.4 is 10.2 Å².